The van der Waals surface area contributed by atoms with Crippen molar-refractivity contribution in [2.45, 2.75) is 271 Å². The fourth-order valence-electron chi connectivity index (χ4n) is 8.59. The van der Waals surface area contributed by atoms with Crippen LogP contribution in [0.3, 0.4) is 0 Å². The SMILES string of the molecule is CCCCCCCCCCCOC(=O)CCCCCN(CCCCCCCC(=O)OC(CCCCCCCC)CCCCCCCC)CC(O)CCCCNC(=O)Cn1ccc(N)nc1=O. The van der Waals surface area contributed by atoms with Crippen molar-refractivity contribution in [3.63, 3.8) is 0 Å². The molecule has 66 heavy (non-hydrogen) atoms. The van der Waals surface area contributed by atoms with Crippen LogP contribution in [0.5, 0.6) is 0 Å². The first-order chi connectivity index (χ1) is 32.2. The average Bonchev–Trinajstić information content (AvgIpc) is 3.29. The zero-order valence-electron chi connectivity index (χ0n) is 42.8. The second-order valence-electron chi connectivity index (χ2n) is 19.2. The number of hydrogen-bond acceptors (Lipinski definition) is 10. The number of amides is 1. The molecule has 1 heterocycles. The van der Waals surface area contributed by atoms with Gasteiger partial charge in [-0.3, -0.25) is 19.0 Å². The fourth-order valence-corrected chi connectivity index (χ4v) is 8.59. The largest absolute Gasteiger partial charge is 0.466 e. The monoisotopic (exact) mass is 932 g/mol. The maximum absolute atomic E-state index is 12.9. The number of aromatic nitrogens is 2. The maximum Gasteiger partial charge on any atom is 0.349 e. The van der Waals surface area contributed by atoms with Gasteiger partial charge in [0.25, 0.3) is 0 Å². The zero-order valence-corrected chi connectivity index (χ0v) is 42.8. The van der Waals surface area contributed by atoms with Gasteiger partial charge in [0, 0.05) is 32.1 Å². The van der Waals surface area contributed by atoms with E-state index in [1.165, 1.54) is 126 Å². The van der Waals surface area contributed by atoms with Gasteiger partial charge in [-0.1, -0.05) is 162 Å². The standard InChI is InChI=1S/C54H101N5O7/c1-4-7-10-13-16-17-18-24-34-45-65-52(62)38-29-25-33-43-58(46-48(60)35-30-31-41-56-51(61)47-59-44-40-50(55)57-54(59)64)42-32-23-19-22-28-39-53(63)66-49(36-26-20-14-11-8-5-2)37-27-21-15-12-9-6-3/h40,44,48-49,60H,4-39,41-43,45-47H2,1-3H3,(H,56,61)(H2,55,57,64). The number of carbonyl (C=O) groups is 3. The fraction of sp³-hybridized carbons (Fsp3) is 0.870. The Morgan fingerprint density at radius 3 is 1.67 bits per heavy atom. The van der Waals surface area contributed by atoms with E-state index in [1.54, 1.807) is 0 Å². The lowest BCUT2D eigenvalue weighted by molar-refractivity contribution is -0.150. The second kappa shape index (κ2) is 44.5. The number of aliphatic hydroxyl groups is 1. The van der Waals surface area contributed by atoms with Crippen LogP contribution in [-0.2, 0) is 30.4 Å². The molecule has 0 bridgehead atoms. The summed E-state index contributed by atoms with van der Waals surface area (Å²) in [5.41, 5.74) is 4.98. The Morgan fingerprint density at radius 1 is 0.636 bits per heavy atom. The summed E-state index contributed by atoms with van der Waals surface area (Å²) in [5, 5.41) is 13.9. The third-order valence-electron chi connectivity index (χ3n) is 12.7. The van der Waals surface area contributed by atoms with E-state index in [4.69, 9.17) is 15.2 Å². The van der Waals surface area contributed by atoms with Crippen LogP contribution in [0.2, 0.25) is 0 Å². The Hall–Kier alpha value is -2.99. The van der Waals surface area contributed by atoms with Crippen LogP contribution in [0.15, 0.2) is 17.1 Å². The number of nitrogen functional groups attached to an aromatic ring is 1. The van der Waals surface area contributed by atoms with Crippen molar-refractivity contribution in [3.05, 3.63) is 22.7 Å². The maximum atomic E-state index is 12.9. The minimum atomic E-state index is -0.557. The minimum absolute atomic E-state index is 0.0286. The Labute approximate surface area is 403 Å². The van der Waals surface area contributed by atoms with E-state index >= 15 is 0 Å². The highest BCUT2D eigenvalue weighted by Gasteiger charge is 2.16. The highest BCUT2D eigenvalue weighted by Crippen LogP contribution is 2.19. The molecule has 384 valence electrons. The predicted molar refractivity (Wildman–Crippen MR) is 272 cm³/mol. The third-order valence-corrected chi connectivity index (χ3v) is 12.7. The van der Waals surface area contributed by atoms with Crippen molar-refractivity contribution < 1.29 is 29.0 Å². The molecule has 1 rings (SSSR count). The normalized spacial score (nSPS) is 12.0. The van der Waals surface area contributed by atoms with Crippen molar-refractivity contribution in [2.24, 2.45) is 0 Å². The summed E-state index contributed by atoms with van der Waals surface area (Å²) in [7, 11) is 0. The van der Waals surface area contributed by atoms with E-state index in [1.807, 2.05) is 0 Å². The van der Waals surface area contributed by atoms with Crippen LogP contribution in [0.1, 0.15) is 252 Å². The molecule has 12 nitrogen and oxygen atoms in total. The molecule has 0 aromatic carbocycles. The average molecular weight is 932 g/mol. The zero-order chi connectivity index (χ0) is 48.1. The number of rotatable bonds is 48. The van der Waals surface area contributed by atoms with Gasteiger partial charge in [0.15, 0.2) is 0 Å². The molecule has 1 aromatic heterocycles. The molecule has 0 saturated carbocycles. The van der Waals surface area contributed by atoms with Gasteiger partial charge in [-0.15, -0.1) is 0 Å². The molecule has 0 aliphatic rings. The van der Waals surface area contributed by atoms with E-state index in [0.717, 1.165) is 116 Å². The van der Waals surface area contributed by atoms with Crippen LogP contribution >= 0.6 is 0 Å². The lowest BCUT2D eigenvalue weighted by atomic mass is 10.0. The van der Waals surface area contributed by atoms with E-state index in [2.05, 4.69) is 36.0 Å². The van der Waals surface area contributed by atoms with Crippen molar-refractivity contribution in [2.75, 3.05) is 38.5 Å². The molecule has 0 radical (unpaired) electrons. The lowest BCUT2D eigenvalue weighted by Crippen LogP contribution is -2.35. The number of ether oxygens (including phenoxy) is 2. The molecular weight excluding hydrogens is 831 g/mol. The van der Waals surface area contributed by atoms with Gasteiger partial charge in [-0.05, 0) is 96.2 Å². The number of nitrogens with two attached hydrogens (primary N) is 1. The van der Waals surface area contributed by atoms with Gasteiger partial charge in [0.1, 0.15) is 18.5 Å². The summed E-state index contributed by atoms with van der Waals surface area (Å²) in [6.45, 7) is 9.97. The number of anilines is 1. The van der Waals surface area contributed by atoms with Crippen LogP contribution in [0.25, 0.3) is 0 Å². The molecule has 1 atom stereocenters. The smallest absolute Gasteiger partial charge is 0.349 e. The number of esters is 2. The molecule has 1 aromatic rings. The molecule has 0 aliphatic heterocycles. The van der Waals surface area contributed by atoms with Gasteiger partial charge in [0.2, 0.25) is 5.91 Å². The Morgan fingerprint density at radius 2 is 1.11 bits per heavy atom. The Kier molecular flexibility index (Phi) is 41.2. The van der Waals surface area contributed by atoms with E-state index in [0.29, 0.717) is 39.0 Å². The highest BCUT2D eigenvalue weighted by molar-refractivity contribution is 5.75. The summed E-state index contributed by atoms with van der Waals surface area (Å²) in [4.78, 5) is 55.6. The van der Waals surface area contributed by atoms with E-state index in [9.17, 15) is 24.3 Å². The molecule has 0 aliphatic carbocycles. The number of aliphatic hydroxyl groups excluding tert-OH is 1. The van der Waals surface area contributed by atoms with Crippen molar-refractivity contribution in [1.29, 1.82) is 0 Å². The molecule has 0 spiro atoms. The minimum Gasteiger partial charge on any atom is -0.466 e. The molecular formula is C54H101N5O7. The summed E-state index contributed by atoms with van der Waals surface area (Å²) in [6.07, 6.45) is 40.1. The number of hydrogen-bond donors (Lipinski definition) is 3. The summed E-state index contributed by atoms with van der Waals surface area (Å²) >= 11 is 0. The van der Waals surface area contributed by atoms with Gasteiger partial charge >= 0.3 is 17.6 Å². The van der Waals surface area contributed by atoms with Crippen molar-refractivity contribution >= 4 is 23.7 Å². The van der Waals surface area contributed by atoms with Crippen molar-refractivity contribution in [3.8, 4) is 0 Å². The predicted octanol–water partition coefficient (Wildman–Crippen LogP) is 12.2. The summed E-state index contributed by atoms with van der Waals surface area (Å²) in [5.74, 6) is -0.270. The number of nitrogens with zero attached hydrogens (tertiary/aromatic N) is 3. The van der Waals surface area contributed by atoms with E-state index < -0.39 is 11.8 Å². The molecule has 0 saturated heterocycles. The topological polar surface area (TPSA) is 166 Å². The van der Waals surface area contributed by atoms with E-state index in [-0.39, 0.29) is 36.3 Å². The van der Waals surface area contributed by atoms with Crippen LogP contribution in [0.4, 0.5) is 5.82 Å². The summed E-state index contributed by atoms with van der Waals surface area (Å²) in [6, 6.07) is 1.49. The quantitative estimate of drug-likeness (QED) is 0.0423. The summed E-state index contributed by atoms with van der Waals surface area (Å²) < 4.78 is 12.8. The van der Waals surface area contributed by atoms with Gasteiger partial charge < -0.3 is 30.5 Å². The third kappa shape index (κ3) is 38.0. The number of carbonyl (C=O) groups excluding carboxylic acids is 3. The lowest BCUT2D eigenvalue weighted by Gasteiger charge is -2.25. The van der Waals surface area contributed by atoms with Gasteiger partial charge in [-0.25, -0.2) is 4.79 Å². The van der Waals surface area contributed by atoms with Gasteiger partial charge in [-0.2, -0.15) is 4.98 Å². The van der Waals surface area contributed by atoms with Crippen LogP contribution in [-0.4, -0.2) is 82.4 Å². The molecule has 4 N–H and O–H groups in total. The van der Waals surface area contributed by atoms with Gasteiger partial charge in [0.05, 0.1) is 12.7 Å². The molecule has 0 fully saturated rings. The Bertz CT molecular complexity index is 1340. The molecule has 1 amide bonds. The first-order valence-corrected chi connectivity index (χ1v) is 27.5. The van der Waals surface area contributed by atoms with Crippen LogP contribution < -0.4 is 16.7 Å². The molecule has 12 heteroatoms. The first kappa shape index (κ1) is 61.0. The highest BCUT2D eigenvalue weighted by atomic mass is 16.5. The Balaban J connectivity index is 2.46. The number of unbranched alkanes of at least 4 members (excludes halogenated alkanes) is 25. The second-order valence-corrected chi connectivity index (χ2v) is 19.2. The van der Waals surface area contributed by atoms with Crippen molar-refractivity contribution in [1.82, 2.24) is 19.8 Å². The van der Waals surface area contributed by atoms with Crippen LogP contribution in [0, 0.1) is 0 Å². The number of nitrogens with one attached hydrogen (secondary N) is 1. The first-order valence-electron chi connectivity index (χ1n) is 27.5. The molecule has 1 unspecified atom stereocenters.